The summed E-state index contributed by atoms with van der Waals surface area (Å²) in [4.78, 5) is 62.3. The molecule has 3 rings (SSSR count). The van der Waals surface area contributed by atoms with Crippen LogP contribution < -0.4 is 22.2 Å². The quantitative estimate of drug-likeness (QED) is 0.204. The highest BCUT2D eigenvalue weighted by atomic mass is 31.2. The number of phosphoric ester groups is 1. The van der Waals surface area contributed by atoms with Crippen molar-refractivity contribution in [2.75, 3.05) is 6.61 Å². The number of unbranched alkanes of at least 4 members (excludes halogenated alkanes) is 1. The Hall–Kier alpha value is -2.37. The third-order valence-electron chi connectivity index (χ3n) is 7.14. The molecule has 0 fully saturated rings. The molecule has 0 aliphatic rings. The number of benzene rings is 1. The van der Waals surface area contributed by atoms with Crippen molar-refractivity contribution < 1.29 is 23.6 Å². The Labute approximate surface area is 233 Å². The molecule has 0 aliphatic heterocycles. The van der Waals surface area contributed by atoms with Gasteiger partial charge in [-0.15, -0.1) is 0 Å². The normalized spacial score (nSPS) is 16.9. The van der Waals surface area contributed by atoms with Crippen molar-refractivity contribution in [1.82, 2.24) is 9.13 Å². The molecule has 0 aliphatic carbocycles. The zero-order chi connectivity index (χ0) is 30.0. The van der Waals surface area contributed by atoms with E-state index in [-0.39, 0.29) is 46.5 Å². The molecule has 2 heterocycles. The van der Waals surface area contributed by atoms with Crippen molar-refractivity contribution in [2.24, 2.45) is 11.8 Å². The van der Waals surface area contributed by atoms with Crippen LogP contribution in [0.2, 0.25) is 5.82 Å². The Morgan fingerprint density at radius 3 is 1.90 bits per heavy atom. The predicted molar refractivity (Wildman–Crippen MR) is 157 cm³/mol. The van der Waals surface area contributed by atoms with Gasteiger partial charge >= 0.3 is 7.82 Å². The van der Waals surface area contributed by atoms with E-state index in [9.17, 15) is 33.7 Å². The summed E-state index contributed by atoms with van der Waals surface area (Å²) < 4.78 is 25.5. The summed E-state index contributed by atoms with van der Waals surface area (Å²) in [5, 5.41) is 9.77. The SMILES string of the molecule is BC(C)CC(CO)CC(C)(CCCC)OP(=O)(O)OCn1c(=O)c2cc3c(=O)n(CC(C)C)c(=O)c3cc2c1=O. The molecule has 0 saturated heterocycles. The first-order chi connectivity index (χ1) is 18.6. The van der Waals surface area contributed by atoms with Crippen molar-refractivity contribution in [3.8, 4) is 0 Å². The lowest BCUT2D eigenvalue weighted by molar-refractivity contribution is -0.00580. The lowest BCUT2D eigenvalue weighted by Crippen LogP contribution is -2.33. The molecule has 0 bridgehead atoms. The summed E-state index contributed by atoms with van der Waals surface area (Å²) >= 11 is 0. The van der Waals surface area contributed by atoms with Crippen LogP contribution in [0.15, 0.2) is 31.3 Å². The fourth-order valence-electron chi connectivity index (χ4n) is 5.39. The van der Waals surface area contributed by atoms with Gasteiger partial charge in [-0.25, -0.2) is 9.13 Å². The van der Waals surface area contributed by atoms with E-state index in [1.54, 1.807) is 6.92 Å². The Morgan fingerprint density at radius 1 is 0.975 bits per heavy atom. The van der Waals surface area contributed by atoms with Gasteiger partial charge in [0.25, 0.3) is 22.2 Å². The molecular weight excluding hydrogens is 538 g/mol. The second-order valence-corrected chi connectivity index (χ2v) is 13.2. The topological polar surface area (TPSA) is 154 Å². The fraction of sp³-hybridized carbons (Fsp3) is 0.630. The minimum atomic E-state index is -4.75. The molecule has 2 N–H and O–H groups in total. The van der Waals surface area contributed by atoms with E-state index in [4.69, 9.17) is 9.05 Å². The van der Waals surface area contributed by atoms with Crippen LogP contribution >= 0.6 is 7.82 Å². The van der Waals surface area contributed by atoms with Crippen molar-refractivity contribution in [3.05, 3.63) is 53.5 Å². The minimum absolute atomic E-state index is 0.0370. The number of nitrogens with zero attached hydrogens (tertiary/aromatic N) is 2. The second-order valence-electron chi connectivity index (χ2n) is 11.9. The van der Waals surface area contributed by atoms with Crippen LogP contribution in [0.5, 0.6) is 0 Å². The van der Waals surface area contributed by atoms with Gasteiger partial charge in [0.05, 0.1) is 27.1 Å². The number of hydrogen-bond acceptors (Lipinski definition) is 8. The predicted octanol–water partition coefficient (Wildman–Crippen LogP) is 2.44. The van der Waals surface area contributed by atoms with Gasteiger partial charge in [0, 0.05) is 13.2 Å². The lowest BCUT2D eigenvalue weighted by Gasteiger charge is -2.34. The van der Waals surface area contributed by atoms with Gasteiger partial charge in [-0.3, -0.25) is 32.8 Å². The monoisotopic (exact) mass is 578 g/mol. The molecule has 3 aromatic rings. The molecule has 2 aromatic heterocycles. The third kappa shape index (κ3) is 7.09. The standard InChI is InChI=1S/C27H40BN2O9P/c1-6-7-8-27(5,12-18(14-31)9-17(4)28)39-40(36,37)38-15-30-25(34)21-10-19-20(11-22(21)26(30)35)24(33)29(23(19)32)13-16(2)3/h10-11,16-18,31H,6-9,12-15,28H2,1-5H3,(H,36,37). The molecule has 40 heavy (non-hydrogen) atoms. The van der Waals surface area contributed by atoms with E-state index >= 15 is 0 Å². The minimum Gasteiger partial charge on any atom is -0.396 e. The van der Waals surface area contributed by atoms with Gasteiger partial charge in [0.1, 0.15) is 14.6 Å². The van der Waals surface area contributed by atoms with E-state index in [0.29, 0.717) is 36.1 Å². The highest BCUT2D eigenvalue weighted by Crippen LogP contribution is 2.50. The average Bonchev–Trinajstić information content (AvgIpc) is 3.23. The third-order valence-corrected chi connectivity index (χ3v) is 8.25. The number of hydrogen-bond donors (Lipinski definition) is 2. The van der Waals surface area contributed by atoms with E-state index in [1.165, 1.54) is 12.1 Å². The first-order valence-electron chi connectivity index (χ1n) is 13.8. The zero-order valence-corrected chi connectivity index (χ0v) is 25.0. The zero-order valence-electron chi connectivity index (χ0n) is 24.1. The molecule has 220 valence electrons. The first kappa shape index (κ1) is 32.2. The van der Waals surface area contributed by atoms with Gasteiger partial charge < -0.3 is 10.00 Å². The van der Waals surface area contributed by atoms with Gasteiger partial charge in [0.2, 0.25) is 0 Å². The molecule has 0 saturated carbocycles. The van der Waals surface area contributed by atoms with Crippen molar-refractivity contribution >= 4 is 37.2 Å². The second kappa shape index (κ2) is 12.7. The fourth-order valence-corrected chi connectivity index (χ4v) is 6.43. The molecule has 0 amide bonds. The van der Waals surface area contributed by atoms with Crippen molar-refractivity contribution in [2.45, 2.75) is 91.4 Å². The molecule has 1 aromatic carbocycles. The smallest absolute Gasteiger partial charge is 0.396 e. The Kier molecular flexibility index (Phi) is 10.2. The van der Waals surface area contributed by atoms with Gasteiger partial charge in [0.15, 0.2) is 0 Å². The Bertz CT molecular complexity index is 1520. The number of phosphoric acid groups is 1. The summed E-state index contributed by atoms with van der Waals surface area (Å²) in [6.07, 6.45) is 3.01. The number of aliphatic hydroxyl groups excluding tert-OH is 1. The van der Waals surface area contributed by atoms with Crippen molar-refractivity contribution in [1.29, 1.82) is 0 Å². The van der Waals surface area contributed by atoms with E-state index in [2.05, 4.69) is 0 Å². The van der Waals surface area contributed by atoms with E-state index in [1.807, 2.05) is 35.5 Å². The maximum atomic E-state index is 13.1. The van der Waals surface area contributed by atoms with Crippen LogP contribution in [0.3, 0.4) is 0 Å². The molecule has 11 nitrogen and oxygen atoms in total. The summed E-state index contributed by atoms with van der Waals surface area (Å²) in [7, 11) is -2.73. The number of fused-ring (bicyclic) bond motifs is 2. The molecule has 0 spiro atoms. The summed E-state index contributed by atoms with van der Waals surface area (Å²) in [6, 6.07) is 2.46. The van der Waals surface area contributed by atoms with Crippen LogP contribution in [0, 0.1) is 11.8 Å². The Morgan fingerprint density at radius 2 is 1.48 bits per heavy atom. The van der Waals surface area contributed by atoms with Gasteiger partial charge in [-0.05, 0) is 43.7 Å². The van der Waals surface area contributed by atoms with Crippen LogP contribution in [0.25, 0.3) is 21.5 Å². The average molecular weight is 578 g/mol. The van der Waals surface area contributed by atoms with Crippen LogP contribution in [-0.2, 0) is 26.9 Å². The lowest BCUT2D eigenvalue weighted by atomic mass is 9.77. The Balaban J connectivity index is 1.90. The van der Waals surface area contributed by atoms with Crippen LogP contribution in [0.1, 0.15) is 66.7 Å². The summed E-state index contributed by atoms with van der Waals surface area (Å²) in [5.74, 6) is 0.195. The van der Waals surface area contributed by atoms with E-state index in [0.717, 1.165) is 11.0 Å². The van der Waals surface area contributed by atoms with Gasteiger partial charge in [-0.2, -0.15) is 0 Å². The van der Waals surface area contributed by atoms with Gasteiger partial charge in [-0.1, -0.05) is 52.8 Å². The molecule has 4 atom stereocenters. The molecule has 13 heteroatoms. The van der Waals surface area contributed by atoms with Crippen molar-refractivity contribution in [3.63, 3.8) is 0 Å². The maximum Gasteiger partial charge on any atom is 0.474 e. The van der Waals surface area contributed by atoms with Crippen LogP contribution in [0.4, 0.5) is 0 Å². The highest BCUT2D eigenvalue weighted by molar-refractivity contribution is 7.47. The van der Waals surface area contributed by atoms with E-state index < -0.39 is 42.4 Å². The maximum absolute atomic E-state index is 13.1. The molecule has 4 unspecified atom stereocenters. The highest BCUT2D eigenvalue weighted by Gasteiger charge is 2.37. The summed E-state index contributed by atoms with van der Waals surface area (Å²) in [5.41, 5.74) is -3.78. The number of rotatable bonds is 15. The first-order valence-corrected chi connectivity index (χ1v) is 15.3. The number of aliphatic hydroxyl groups is 1. The summed E-state index contributed by atoms with van der Waals surface area (Å²) in [6.45, 7) is 8.68. The largest absolute Gasteiger partial charge is 0.474 e. The number of aromatic nitrogens is 2. The molecule has 0 radical (unpaired) electrons. The van der Waals surface area contributed by atoms with Crippen LogP contribution in [-0.4, -0.2) is 39.2 Å². The molecular formula is C27H40BN2O9P.